The molecule has 0 aliphatic carbocycles. The number of amides is 1. The number of hydrogen-bond donors (Lipinski definition) is 2. The van der Waals surface area contributed by atoms with E-state index in [1.807, 2.05) is 20.8 Å². The second-order valence-corrected chi connectivity index (χ2v) is 5.83. The molecule has 0 unspecified atom stereocenters. The number of aromatic nitrogens is 2. The van der Waals surface area contributed by atoms with Crippen molar-refractivity contribution in [3.63, 3.8) is 0 Å². The molecule has 0 saturated heterocycles. The van der Waals surface area contributed by atoms with Crippen LogP contribution in [0.3, 0.4) is 0 Å². The lowest BCUT2D eigenvalue weighted by atomic mass is 10.2. The van der Waals surface area contributed by atoms with Gasteiger partial charge in [-0.1, -0.05) is 0 Å². The summed E-state index contributed by atoms with van der Waals surface area (Å²) in [5.41, 5.74) is 0.558. The Balaban J connectivity index is 1.92. The van der Waals surface area contributed by atoms with Crippen LogP contribution in [-0.4, -0.2) is 41.3 Å². The fraction of sp³-hybridized carbons (Fsp3) is 0.667. The smallest absolute Gasteiger partial charge is 0.407 e. The molecule has 0 atom stereocenters. The largest absolute Gasteiger partial charge is 0.444 e. The molecule has 1 heterocycles. The highest BCUT2D eigenvalue weighted by Gasteiger charge is 2.15. The van der Waals surface area contributed by atoms with Crippen LogP contribution in [0.1, 0.15) is 39.3 Å². The van der Waals surface area contributed by atoms with Crippen molar-refractivity contribution in [1.82, 2.24) is 20.6 Å². The molecule has 118 valence electrons. The van der Waals surface area contributed by atoms with Gasteiger partial charge in [0.15, 0.2) is 0 Å². The molecular formula is C15H26N4O2. The highest BCUT2D eigenvalue weighted by Crippen LogP contribution is 2.06. The summed E-state index contributed by atoms with van der Waals surface area (Å²) < 4.78 is 5.15. The Hall–Kier alpha value is -1.69. The van der Waals surface area contributed by atoms with Gasteiger partial charge in [-0.15, -0.1) is 0 Å². The van der Waals surface area contributed by atoms with Crippen LogP contribution in [0.2, 0.25) is 0 Å². The van der Waals surface area contributed by atoms with E-state index in [0.717, 1.165) is 38.0 Å². The monoisotopic (exact) mass is 294 g/mol. The third kappa shape index (κ3) is 9.79. The fourth-order valence-electron chi connectivity index (χ4n) is 1.68. The summed E-state index contributed by atoms with van der Waals surface area (Å²) in [7, 11) is 0. The van der Waals surface area contributed by atoms with Gasteiger partial charge in [-0.2, -0.15) is 0 Å². The Kier molecular flexibility index (Phi) is 7.68. The first-order valence-corrected chi connectivity index (χ1v) is 7.40. The van der Waals surface area contributed by atoms with E-state index in [1.54, 1.807) is 18.6 Å². The normalized spacial score (nSPS) is 11.2. The van der Waals surface area contributed by atoms with Gasteiger partial charge in [0.1, 0.15) is 5.60 Å². The van der Waals surface area contributed by atoms with E-state index >= 15 is 0 Å². The summed E-state index contributed by atoms with van der Waals surface area (Å²) in [6.07, 6.45) is 7.63. The van der Waals surface area contributed by atoms with E-state index in [-0.39, 0.29) is 6.09 Å². The van der Waals surface area contributed by atoms with Gasteiger partial charge >= 0.3 is 6.09 Å². The molecule has 1 rings (SSSR count). The van der Waals surface area contributed by atoms with Crippen molar-refractivity contribution in [1.29, 1.82) is 0 Å². The molecule has 0 bridgehead atoms. The van der Waals surface area contributed by atoms with Crippen molar-refractivity contribution in [3.05, 3.63) is 24.3 Å². The number of hydrogen-bond acceptors (Lipinski definition) is 5. The highest BCUT2D eigenvalue weighted by molar-refractivity contribution is 5.67. The molecule has 0 spiro atoms. The zero-order chi connectivity index (χ0) is 15.6. The number of carbonyl (C=O) groups is 1. The molecule has 21 heavy (non-hydrogen) atoms. The summed E-state index contributed by atoms with van der Waals surface area (Å²) in [6, 6.07) is 0. The molecule has 0 radical (unpaired) electrons. The van der Waals surface area contributed by atoms with Gasteiger partial charge in [0.25, 0.3) is 0 Å². The van der Waals surface area contributed by atoms with Crippen molar-refractivity contribution in [3.8, 4) is 0 Å². The van der Waals surface area contributed by atoms with E-state index < -0.39 is 5.60 Å². The minimum atomic E-state index is -0.439. The fourth-order valence-corrected chi connectivity index (χ4v) is 1.68. The summed E-state index contributed by atoms with van der Waals surface area (Å²) in [5.74, 6) is 0. The van der Waals surface area contributed by atoms with Crippen molar-refractivity contribution in [2.75, 3.05) is 19.6 Å². The molecule has 0 aromatic carbocycles. The Morgan fingerprint density at radius 1 is 1.19 bits per heavy atom. The van der Waals surface area contributed by atoms with E-state index in [4.69, 9.17) is 4.74 Å². The summed E-state index contributed by atoms with van der Waals surface area (Å²) in [6.45, 7) is 8.02. The molecule has 1 amide bonds. The molecule has 0 aliphatic rings. The molecular weight excluding hydrogens is 268 g/mol. The van der Waals surface area contributed by atoms with Gasteiger partial charge in [-0.3, -0.25) is 9.97 Å². The Morgan fingerprint density at radius 2 is 1.95 bits per heavy atom. The van der Waals surface area contributed by atoms with Crippen molar-refractivity contribution in [2.45, 2.75) is 45.6 Å². The number of nitrogens with zero attached hydrogens (tertiary/aromatic N) is 2. The average molecular weight is 294 g/mol. The lowest BCUT2D eigenvalue weighted by Crippen LogP contribution is -2.33. The molecule has 2 N–H and O–H groups in total. The third-order valence-electron chi connectivity index (χ3n) is 2.62. The molecule has 6 heteroatoms. The third-order valence-corrected chi connectivity index (χ3v) is 2.62. The maximum Gasteiger partial charge on any atom is 0.407 e. The maximum atomic E-state index is 11.4. The molecule has 0 fully saturated rings. The number of ether oxygens (including phenoxy) is 1. The van der Waals surface area contributed by atoms with Crippen LogP contribution >= 0.6 is 0 Å². The highest BCUT2D eigenvalue weighted by atomic mass is 16.6. The van der Waals surface area contributed by atoms with E-state index in [0.29, 0.717) is 6.54 Å². The second kappa shape index (κ2) is 9.28. The van der Waals surface area contributed by atoms with Crippen molar-refractivity contribution in [2.24, 2.45) is 0 Å². The number of alkyl carbamates (subject to hydrolysis) is 1. The van der Waals surface area contributed by atoms with Crippen molar-refractivity contribution >= 4 is 6.09 Å². The minimum Gasteiger partial charge on any atom is -0.444 e. The first-order chi connectivity index (χ1) is 9.97. The van der Waals surface area contributed by atoms with Crippen LogP contribution in [-0.2, 0) is 11.2 Å². The van der Waals surface area contributed by atoms with Gasteiger partial charge in [0.05, 0.1) is 5.69 Å². The van der Waals surface area contributed by atoms with Crippen LogP contribution in [0.5, 0.6) is 0 Å². The molecule has 1 aromatic rings. The van der Waals surface area contributed by atoms with Crippen LogP contribution in [0.25, 0.3) is 0 Å². The molecule has 6 nitrogen and oxygen atoms in total. The lowest BCUT2D eigenvalue weighted by molar-refractivity contribution is 0.0527. The predicted octanol–water partition coefficient (Wildman–Crippen LogP) is 1.91. The lowest BCUT2D eigenvalue weighted by Gasteiger charge is -2.19. The molecule has 0 saturated carbocycles. The maximum absolute atomic E-state index is 11.4. The summed E-state index contributed by atoms with van der Waals surface area (Å²) in [5, 5.41) is 6.10. The molecule has 1 aromatic heterocycles. The van der Waals surface area contributed by atoms with E-state index in [9.17, 15) is 4.79 Å². The quantitative estimate of drug-likeness (QED) is 0.716. The second-order valence-electron chi connectivity index (χ2n) is 5.83. The average Bonchev–Trinajstić information content (AvgIpc) is 2.41. The van der Waals surface area contributed by atoms with Gasteiger partial charge in [0, 0.05) is 38.1 Å². The zero-order valence-corrected chi connectivity index (χ0v) is 13.2. The van der Waals surface area contributed by atoms with Gasteiger partial charge < -0.3 is 15.4 Å². The van der Waals surface area contributed by atoms with E-state index in [2.05, 4.69) is 20.6 Å². The Bertz CT molecular complexity index is 404. The van der Waals surface area contributed by atoms with Crippen LogP contribution in [0, 0.1) is 0 Å². The topological polar surface area (TPSA) is 76.1 Å². The Morgan fingerprint density at radius 3 is 2.62 bits per heavy atom. The first kappa shape index (κ1) is 17.4. The van der Waals surface area contributed by atoms with Crippen LogP contribution in [0.15, 0.2) is 18.6 Å². The van der Waals surface area contributed by atoms with Gasteiger partial charge in [-0.05, 0) is 40.2 Å². The van der Waals surface area contributed by atoms with Gasteiger partial charge in [0.2, 0.25) is 0 Å². The van der Waals surface area contributed by atoms with E-state index in [1.165, 1.54) is 0 Å². The first-order valence-electron chi connectivity index (χ1n) is 7.40. The number of nitrogens with one attached hydrogen (secondary N) is 2. The summed E-state index contributed by atoms with van der Waals surface area (Å²) in [4.78, 5) is 19.6. The number of unbranched alkanes of at least 4 members (excludes halogenated alkanes) is 1. The standard InChI is InChI=1S/C15H26N4O2/c1-15(2,3)21-14(20)19-8-5-4-7-16-9-6-13-12-17-10-11-18-13/h10-12,16H,4-9H2,1-3H3,(H,19,20). The molecule has 0 aliphatic heterocycles. The number of carbonyl (C=O) groups excluding carboxylic acids is 1. The minimum absolute atomic E-state index is 0.349. The number of rotatable bonds is 8. The van der Waals surface area contributed by atoms with Gasteiger partial charge in [-0.25, -0.2) is 4.79 Å². The zero-order valence-electron chi connectivity index (χ0n) is 13.2. The summed E-state index contributed by atoms with van der Waals surface area (Å²) >= 11 is 0. The predicted molar refractivity (Wildman–Crippen MR) is 82.1 cm³/mol. The SMILES string of the molecule is CC(C)(C)OC(=O)NCCCCNCCc1cnccn1. The van der Waals surface area contributed by atoms with Crippen LogP contribution in [0.4, 0.5) is 4.79 Å². The van der Waals surface area contributed by atoms with Crippen molar-refractivity contribution < 1.29 is 9.53 Å². The van der Waals surface area contributed by atoms with Crippen LogP contribution < -0.4 is 10.6 Å². The Labute approximate surface area is 126 Å².